The van der Waals surface area contributed by atoms with Gasteiger partial charge in [0.1, 0.15) is 0 Å². The Balaban J connectivity index is 1.48. The van der Waals surface area contributed by atoms with Gasteiger partial charge in [0.2, 0.25) is 10.0 Å². The molecule has 0 spiro atoms. The Labute approximate surface area is 139 Å². The number of nitrogens with zero attached hydrogens (tertiary/aromatic N) is 3. The molecule has 6 heteroatoms. The summed E-state index contributed by atoms with van der Waals surface area (Å²) in [6, 6.07) is 8.76. The molecule has 0 bridgehead atoms. The second-order valence-corrected chi connectivity index (χ2v) is 8.40. The van der Waals surface area contributed by atoms with Crippen LogP contribution >= 0.6 is 0 Å². The van der Waals surface area contributed by atoms with E-state index in [1.807, 2.05) is 6.07 Å². The smallest absolute Gasteiger partial charge is 0.243 e. The van der Waals surface area contributed by atoms with Gasteiger partial charge in [-0.15, -0.1) is 0 Å². The largest absolute Gasteiger partial charge is 0.302 e. The van der Waals surface area contributed by atoms with Crippen LogP contribution in [0.3, 0.4) is 0 Å². The Bertz CT molecular complexity index is 577. The first-order valence-electron chi connectivity index (χ1n) is 8.66. The number of benzene rings is 1. The Hall–Kier alpha value is -0.950. The number of rotatable bonds is 5. The minimum atomic E-state index is -3.32. The molecule has 0 aromatic heterocycles. The maximum absolute atomic E-state index is 12.6. The van der Waals surface area contributed by atoms with Crippen molar-refractivity contribution in [3.8, 4) is 0 Å². The van der Waals surface area contributed by atoms with E-state index in [0.29, 0.717) is 18.0 Å². The summed E-state index contributed by atoms with van der Waals surface area (Å²) in [7, 11) is -3.32. The van der Waals surface area contributed by atoms with Gasteiger partial charge in [0.25, 0.3) is 0 Å². The minimum absolute atomic E-state index is 0.404. The third-order valence-electron chi connectivity index (χ3n) is 4.89. The van der Waals surface area contributed by atoms with E-state index in [2.05, 4.69) is 9.80 Å². The monoisotopic (exact) mass is 337 g/mol. The number of likely N-dealkylation sites (tertiary alicyclic amines) is 1. The molecule has 0 atom stereocenters. The Kier molecular flexibility index (Phi) is 5.69. The van der Waals surface area contributed by atoms with E-state index in [-0.39, 0.29) is 0 Å². The van der Waals surface area contributed by atoms with Gasteiger partial charge in [0.05, 0.1) is 4.90 Å². The van der Waals surface area contributed by atoms with Gasteiger partial charge >= 0.3 is 0 Å². The molecule has 0 unspecified atom stereocenters. The molecule has 2 fully saturated rings. The lowest BCUT2D eigenvalue weighted by molar-refractivity contribution is 0.149. The van der Waals surface area contributed by atoms with Crippen molar-refractivity contribution >= 4 is 10.0 Å². The molecule has 3 rings (SSSR count). The number of piperazine rings is 1. The molecule has 2 heterocycles. The number of hydrogen-bond donors (Lipinski definition) is 0. The highest BCUT2D eigenvalue weighted by atomic mass is 32.2. The van der Waals surface area contributed by atoms with Gasteiger partial charge in [-0.3, -0.25) is 4.90 Å². The lowest BCUT2D eigenvalue weighted by Gasteiger charge is -2.35. The van der Waals surface area contributed by atoms with Gasteiger partial charge < -0.3 is 4.90 Å². The van der Waals surface area contributed by atoms with Crippen LogP contribution in [-0.4, -0.2) is 74.9 Å². The number of sulfonamides is 1. The molecule has 1 aromatic carbocycles. The van der Waals surface area contributed by atoms with Crippen molar-refractivity contribution in [3.05, 3.63) is 30.3 Å². The van der Waals surface area contributed by atoms with E-state index >= 15 is 0 Å². The molecule has 0 aliphatic carbocycles. The predicted molar refractivity (Wildman–Crippen MR) is 91.9 cm³/mol. The maximum atomic E-state index is 12.6. The first-order chi connectivity index (χ1) is 11.2. The van der Waals surface area contributed by atoms with E-state index in [1.165, 1.54) is 32.4 Å². The summed E-state index contributed by atoms with van der Waals surface area (Å²) >= 11 is 0. The van der Waals surface area contributed by atoms with Crippen molar-refractivity contribution in [2.24, 2.45) is 0 Å². The van der Waals surface area contributed by atoms with Gasteiger partial charge in [-0.2, -0.15) is 4.31 Å². The molecule has 2 saturated heterocycles. The zero-order valence-electron chi connectivity index (χ0n) is 13.7. The summed E-state index contributed by atoms with van der Waals surface area (Å²) < 4.78 is 26.8. The lowest BCUT2D eigenvalue weighted by Crippen LogP contribution is -2.50. The molecule has 2 aliphatic heterocycles. The Morgan fingerprint density at radius 1 is 0.739 bits per heavy atom. The molecule has 0 amide bonds. The van der Waals surface area contributed by atoms with Gasteiger partial charge in [0.15, 0.2) is 0 Å². The van der Waals surface area contributed by atoms with Crippen LogP contribution in [0.1, 0.15) is 19.3 Å². The average Bonchev–Trinajstić information content (AvgIpc) is 2.62. The van der Waals surface area contributed by atoms with Crippen molar-refractivity contribution in [2.45, 2.75) is 24.2 Å². The molecule has 23 heavy (non-hydrogen) atoms. The zero-order valence-corrected chi connectivity index (χ0v) is 14.5. The maximum Gasteiger partial charge on any atom is 0.243 e. The summed E-state index contributed by atoms with van der Waals surface area (Å²) in [6.45, 7) is 7.48. The fourth-order valence-corrected chi connectivity index (χ4v) is 4.84. The fraction of sp³-hybridized carbons (Fsp3) is 0.647. The standard InChI is InChI=1S/C17H27N3O2S/c21-23(22,17-7-3-1-4-8-17)20-15-13-19(14-16-20)12-11-18-9-5-2-6-10-18/h1,3-4,7-8H,2,5-6,9-16H2. The van der Waals surface area contributed by atoms with Crippen LogP contribution in [0, 0.1) is 0 Å². The van der Waals surface area contributed by atoms with Crippen molar-refractivity contribution in [3.63, 3.8) is 0 Å². The van der Waals surface area contributed by atoms with Gasteiger partial charge in [0, 0.05) is 39.3 Å². The summed E-state index contributed by atoms with van der Waals surface area (Å²) in [5.74, 6) is 0. The molecule has 2 aliphatic rings. The average molecular weight is 337 g/mol. The van der Waals surface area contributed by atoms with E-state index < -0.39 is 10.0 Å². The molecule has 0 radical (unpaired) electrons. The highest BCUT2D eigenvalue weighted by Crippen LogP contribution is 2.17. The molecule has 0 N–H and O–H groups in total. The van der Waals surface area contributed by atoms with Gasteiger partial charge in [-0.1, -0.05) is 24.6 Å². The molecule has 0 saturated carbocycles. The quantitative estimate of drug-likeness (QED) is 0.816. The highest BCUT2D eigenvalue weighted by Gasteiger charge is 2.28. The van der Waals surface area contributed by atoms with Crippen LogP contribution in [-0.2, 0) is 10.0 Å². The summed E-state index contributed by atoms with van der Waals surface area (Å²) in [4.78, 5) is 5.34. The first-order valence-corrected chi connectivity index (χ1v) is 10.1. The summed E-state index contributed by atoms with van der Waals surface area (Å²) in [6.07, 6.45) is 4.01. The second-order valence-electron chi connectivity index (χ2n) is 6.46. The summed E-state index contributed by atoms with van der Waals surface area (Å²) in [5, 5.41) is 0. The predicted octanol–water partition coefficient (Wildman–Crippen LogP) is 1.48. The Morgan fingerprint density at radius 2 is 1.30 bits per heavy atom. The van der Waals surface area contributed by atoms with E-state index in [0.717, 1.165) is 26.2 Å². The number of piperidine rings is 1. The topological polar surface area (TPSA) is 43.9 Å². The van der Waals surface area contributed by atoms with Crippen LogP contribution in [0.2, 0.25) is 0 Å². The SMILES string of the molecule is O=S(=O)(c1ccccc1)N1CCN(CCN2CCCCC2)CC1. The van der Waals surface area contributed by atoms with Crippen LogP contribution in [0.4, 0.5) is 0 Å². The molecular weight excluding hydrogens is 310 g/mol. The van der Waals surface area contributed by atoms with Crippen molar-refractivity contribution in [1.29, 1.82) is 0 Å². The van der Waals surface area contributed by atoms with Crippen molar-refractivity contribution in [1.82, 2.24) is 14.1 Å². The number of hydrogen-bond acceptors (Lipinski definition) is 4. The van der Waals surface area contributed by atoms with Crippen LogP contribution in [0.15, 0.2) is 35.2 Å². The van der Waals surface area contributed by atoms with Crippen molar-refractivity contribution < 1.29 is 8.42 Å². The van der Waals surface area contributed by atoms with Gasteiger partial charge in [-0.05, 0) is 38.1 Å². The van der Waals surface area contributed by atoms with E-state index in [9.17, 15) is 8.42 Å². The molecular formula is C17H27N3O2S. The van der Waals surface area contributed by atoms with Crippen molar-refractivity contribution in [2.75, 3.05) is 52.4 Å². The lowest BCUT2D eigenvalue weighted by atomic mass is 10.1. The molecule has 128 valence electrons. The first kappa shape index (κ1) is 16.9. The molecule has 1 aromatic rings. The second kappa shape index (κ2) is 7.75. The highest BCUT2D eigenvalue weighted by molar-refractivity contribution is 7.89. The minimum Gasteiger partial charge on any atom is -0.302 e. The summed E-state index contributed by atoms with van der Waals surface area (Å²) in [5.41, 5.74) is 0. The normalized spacial score (nSPS) is 22.3. The fourth-order valence-electron chi connectivity index (χ4n) is 3.40. The van der Waals surface area contributed by atoms with Crippen LogP contribution in [0.5, 0.6) is 0 Å². The van der Waals surface area contributed by atoms with Crippen LogP contribution < -0.4 is 0 Å². The third kappa shape index (κ3) is 4.32. The van der Waals surface area contributed by atoms with Crippen LogP contribution in [0.25, 0.3) is 0 Å². The molecule has 5 nitrogen and oxygen atoms in total. The Morgan fingerprint density at radius 3 is 1.91 bits per heavy atom. The third-order valence-corrected chi connectivity index (χ3v) is 6.81. The van der Waals surface area contributed by atoms with Gasteiger partial charge in [-0.25, -0.2) is 8.42 Å². The zero-order chi connectivity index (χ0) is 16.1. The van der Waals surface area contributed by atoms with E-state index in [4.69, 9.17) is 0 Å². The van der Waals surface area contributed by atoms with E-state index in [1.54, 1.807) is 28.6 Å².